The molecule has 0 radical (unpaired) electrons. The van der Waals surface area contributed by atoms with Gasteiger partial charge in [0.1, 0.15) is 11.6 Å². The topological polar surface area (TPSA) is 87.7 Å². The Labute approximate surface area is 182 Å². The summed E-state index contributed by atoms with van der Waals surface area (Å²) in [7, 11) is 0. The highest BCUT2D eigenvalue weighted by Gasteiger charge is 2.41. The van der Waals surface area contributed by atoms with Crippen molar-refractivity contribution in [2.75, 3.05) is 13.1 Å². The third-order valence-corrected chi connectivity index (χ3v) is 5.33. The molecule has 1 heterocycles. The number of hydrogen-bond donors (Lipinski definition) is 2. The molecule has 0 bridgehead atoms. The first-order valence-corrected chi connectivity index (χ1v) is 11.7. The summed E-state index contributed by atoms with van der Waals surface area (Å²) < 4.78 is 5.54. The van der Waals surface area contributed by atoms with Gasteiger partial charge >= 0.3 is 6.09 Å². The standard InChI is InChI=1S/C23H43N3O4/c1-7-9-10-11-13-17(3)16-19(20(27)24-8-2)26(22(29)30-23(4,5)6)21(28)18-14-12-15-25-18/h17-19,25H,7-16H2,1-6H3,(H,24,27)/t17?,18-,19-/m0/s1. The highest BCUT2D eigenvalue weighted by Crippen LogP contribution is 2.23. The number of hydrogen-bond acceptors (Lipinski definition) is 5. The first kappa shape index (κ1) is 26.4. The highest BCUT2D eigenvalue weighted by molar-refractivity contribution is 6.00. The van der Waals surface area contributed by atoms with E-state index in [1.807, 2.05) is 6.92 Å². The number of imide groups is 1. The summed E-state index contributed by atoms with van der Waals surface area (Å²) in [5.41, 5.74) is -0.754. The maximum atomic E-state index is 13.3. The highest BCUT2D eigenvalue weighted by atomic mass is 16.6. The van der Waals surface area contributed by atoms with E-state index in [2.05, 4.69) is 24.5 Å². The van der Waals surface area contributed by atoms with Gasteiger partial charge in [-0.15, -0.1) is 0 Å². The van der Waals surface area contributed by atoms with Crippen LogP contribution in [0.5, 0.6) is 0 Å². The second-order valence-corrected chi connectivity index (χ2v) is 9.44. The minimum Gasteiger partial charge on any atom is -0.443 e. The lowest BCUT2D eigenvalue weighted by molar-refractivity contribution is -0.141. The van der Waals surface area contributed by atoms with Crippen molar-refractivity contribution >= 4 is 17.9 Å². The van der Waals surface area contributed by atoms with E-state index in [1.165, 1.54) is 12.8 Å². The van der Waals surface area contributed by atoms with Gasteiger partial charge in [-0.3, -0.25) is 9.59 Å². The van der Waals surface area contributed by atoms with Crippen molar-refractivity contribution in [3.8, 4) is 0 Å². The Hall–Kier alpha value is -1.63. The van der Waals surface area contributed by atoms with E-state index in [9.17, 15) is 14.4 Å². The average Bonchev–Trinajstić information content (AvgIpc) is 3.18. The summed E-state index contributed by atoms with van der Waals surface area (Å²) >= 11 is 0. The van der Waals surface area contributed by atoms with Gasteiger partial charge < -0.3 is 15.4 Å². The second-order valence-electron chi connectivity index (χ2n) is 9.44. The average molecular weight is 426 g/mol. The predicted molar refractivity (Wildman–Crippen MR) is 119 cm³/mol. The summed E-state index contributed by atoms with van der Waals surface area (Å²) in [5.74, 6) is -0.449. The third kappa shape index (κ3) is 9.02. The van der Waals surface area contributed by atoms with Crippen LogP contribution in [0.15, 0.2) is 0 Å². The fourth-order valence-corrected chi connectivity index (χ4v) is 3.79. The molecule has 1 rings (SSSR count). The number of likely N-dealkylation sites (N-methyl/N-ethyl adjacent to an activating group) is 1. The number of ether oxygens (including phenoxy) is 1. The van der Waals surface area contributed by atoms with Crippen LogP contribution in [0.4, 0.5) is 4.79 Å². The molecule has 2 N–H and O–H groups in total. The van der Waals surface area contributed by atoms with Crippen LogP contribution in [0.25, 0.3) is 0 Å². The smallest absolute Gasteiger partial charge is 0.417 e. The van der Waals surface area contributed by atoms with Crippen LogP contribution < -0.4 is 10.6 Å². The Balaban J connectivity index is 3.07. The summed E-state index contributed by atoms with van der Waals surface area (Å²) in [6.45, 7) is 12.6. The van der Waals surface area contributed by atoms with Crippen LogP contribution in [-0.2, 0) is 14.3 Å². The Morgan fingerprint density at radius 1 is 1.17 bits per heavy atom. The van der Waals surface area contributed by atoms with Crippen LogP contribution in [-0.4, -0.2) is 53.6 Å². The molecule has 3 amide bonds. The molecule has 7 nitrogen and oxygen atoms in total. The summed E-state index contributed by atoms with van der Waals surface area (Å²) in [6, 6.07) is -1.31. The number of nitrogens with zero attached hydrogens (tertiary/aromatic N) is 1. The lowest BCUT2D eigenvalue weighted by Gasteiger charge is -2.34. The van der Waals surface area contributed by atoms with Crippen LogP contribution in [0, 0.1) is 5.92 Å². The van der Waals surface area contributed by atoms with Gasteiger partial charge in [0.2, 0.25) is 11.8 Å². The summed E-state index contributed by atoms with van der Waals surface area (Å²) in [4.78, 5) is 40.4. The molecular weight excluding hydrogens is 382 g/mol. The summed E-state index contributed by atoms with van der Waals surface area (Å²) in [5, 5.41) is 5.96. The molecule has 0 aliphatic carbocycles. The molecule has 1 aliphatic rings. The van der Waals surface area contributed by atoms with Crippen LogP contribution in [0.1, 0.15) is 92.9 Å². The lowest BCUT2D eigenvalue weighted by Crippen LogP contribution is -2.57. The van der Waals surface area contributed by atoms with Gasteiger partial charge in [0.25, 0.3) is 0 Å². The monoisotopic (exact) mass is 425 g/mol. The molecule has 0 saturated carbocycles. The van der Waals surface area contributed by atoms with Crippen molar-refractivity contribution in [1.29, 1.82) is 0 Å². The van der Waals surface area contributed by atoms with Crippen molar-refractivity contribution in [2.45, 2.75) is 111 Å². The van der Waals surface area contributed by atoms with E-state index in [0.717, 1.165) is 37.1 Å². The Morgan fingerprint density at radius 2 is 1.87 bits per heavy atom. The minimum absolute atomic E-state index is 0.212. The maximum Gasteiger partial charge on any atom is 0.417 e. The van der Waals surface area contributed by atoms with Crippen LogP contribution >= 0.6 is 0 Å². The minimum atomic E-state index is -0.865. The molecule has 1 unspecified atom stereocenters. The number of rotatable bonds is 11. The predicted octanol–water partition coefficient (Wildman–Crippen LogP) is 4.00. The first-order chi connectivity index (χ1) is 14.1. The number of unbranched alkanes of at least 4 members (excludes halogenated alkanes) is 3. The number of carbonyl (C=O) groups excluding carboxylic acids is 3. The van der Waals surface area contributed by atoms with E-state index in [-0.39, 0.29) is 17.7 Å². The quantitative estimate of drug-likeness (QED) is 0.489. The normalized spacial score (nSPS) is 18.5. The van der Waals surface area contributed by atoms with Crippen molar-refractivity contribution < 1.29 is 19.1 Å². The maximum absolute atomic E-state index is 13.3. The van der Waals surface area contributed by atoms with Crippen molar-refractivity contribution in [3.63, 3.8) is 0 Å². The molecule has 0 spiro atoms. The van der Waals surface area contributed by atoms with E-state index in [0.29, 0.717) is 19.4 Å². The molecular formula is C23H43N3O4. The van der Waals surface area contributed by atoms with Crippen molar-refractivity contribution in [2.24, 2.45) is 5.92 Å². The molecule has 7 heteroatoms. The van der Waals surface area contributed by atoms with E-state index < -0.39 is 23.8 Å². The molecule has 3 atom stereocenters. The molecule has 174 valence electrons. The Kier molecular flexibility index (Phi) is 11.4. The van der Waals surface area contributed by atoms with Gasteiger partial charge in [0, 0.05) is 6.54 Å². The molecule has 1 fully saturated rings. The Bertz CT molecular complexity index is 553. The molecule has 0 aromatic heterocycles. The van der Waals surface area contributed by atoms with Gasteiger partial charge in [-0.1, -0.05) is 46.0 Å². The van der Waals surface area contributed by atoms with E-state index >= 15 is 0 Å². The van der Waals surface area contributed by atoms with Crippen LogP contribution in [0.2, 0.25) is 0 Å². The summed E-state index contributed by atoms with van der Waals surface area (Å²) in [6.07, 6.45) is 6.81. The van der Waals surface area contributed by atoms with Gasteiger partial charge in [-0.25, -0.2) is 9.69 Å². The van der Waals surface area contributed by atoms with Crippen molar-refractivity contribution in [3.05, 3.63) is 0 Å². The van der Waals surface area contributed by atoms with Crippen LogP contribution in [0.3, 0.4) is 0 Å². The van der Waals surface area contributed by atoms with Gasteiger partial charge in [0.15, 0.2) is 0 Å². The second kappa shape index (κ2) is 12.9. The fourth-order valence-electron chi connectivity index (χ4n) is 3.79. The number of nitrogens with one attached hydrogen (secondary N) is 2. The first-order valence-electron chi connectivity index (χ1n) is 11.7. The fraction of sp³-hybridized carbons (Fsp3) is 0.870. The lowest BCUT2D eigenvalue weighted by atomic mass is 9.94. The molecule has 0 aromatic carbocycles. The van der Waals surface area contributed by atoms with Gasteiger partial charge in [-0.2, -0.15) is 0 Å². The van der Waals surface area contributed by atoms with Gasteiger partial charge in [0.05, 0.1) is 6.04 Å². The molecule has 1 saturated heterocycles. The Morgan fingerprint density at radius 3 is 2.40 bits per heavy atom. The number of carbonyl (C=O) groups is 3. The molecule has 0 aromatic rings. The zero-order chi connectivity index (χ0) is 22.7. The van der Waals surface area contributed by atoms with Crippen molar-refractivity contribution in [1.82, 2.24) is 15.5 Å². The zero-order valence-electron chi connectivity index (χ0n) is 19.9. The molecule has 1 aliphatic heterocycles. The van der Waals surface area contributed by atoms with Gasteiger partial charge in [-0.05, 0) is 59.4 Å². The SMILES string of the molecule is CCCCCCC(C)C[C@@H](C(=O)NCC)N(C(=O)OC(C)(C)C)C(=O)[C@@H]1CCCN1. The van der Waals surface area contributed by atoms with E-state index in [4.69, 9.17) is 4.74 Å². The number of amides is 3. The van der Waals surface area contributed by atoms with E-state index in [1.54, 1.807) is 20.8 Å². The molecule has 30 heavy (non-hydrogen) atoms. The zero-order valence-corrected chi connectivity index (χ0v) is 19.9. The third-order valence-electron chi connectivity index (χ3n) is 5.33. The largest absolute Gasteiger partial charge is 0.443 e.